The van der Waals surface area contributed by atoms with E-state index in [0.29, 0.717) is 22.3 Å². The van der Waals surface area contributed by atoms with Gasteiger partial charge in [0.2, 0.25) is 0 Å². The molecule has 5 heteroatoms. The van der Waals surface area contributed by atoms with E-state index in [9.17, 15) is 4.79 Å². The summed E-state index contributed by atoms with van der Waals surface area (Å²) >= 11 is 6.10. The van der Waals surface area contributed by atoms with Crippen LogP contribution in [0.2, 0.25) is 5.02 Å². The first-order valence-electron chi connectivity index (χ1n) is 6.55. The van der Waals surface area contributed by atoms with Gasteiger partial charge < -0.3 is 10.2 Å². The van der Waals surface area contributed by atoms with Crippen molar-refractivity contribution >= 4 is 23.3 Å². The summed E-state index contributed by atoms with van der Waals surface area (Å²) in [6, 6.07) is 1.83. The monoisotopic (exact) mass is 283 g/mol. The summed E-state index contributed by atoms with van der Waals surface area (Å²) < 4.78 is 0. The molecule has 0 radical (unpaired) electrons. The molecule has 1 aromatic heterocycles. The van der Waals surface area contributed by atoms with Crippen LogP contribution in [0.1, 0.15) is 38.1 Å². The van der Waals surface area contributed by atoms with Crippen LogP contribution >= 0.6 is 11.6 Å². The highest BCUT2D eigenvalue weighted by molar-refractivity contribution is 6.33. The summed E-state index contributed by atoms with van der Waals surface area (Å²) in [5, 5.41) is 3.51. The Hall–Kier alpha value is -1.29. The molecule has 4 nitrogen and oxygen atoms in total. The number of aromatic nitrogens is 1. The van der Waals surface area contributed by atoms with Crippen LogP contribution in [0.25, 0.3) is 0 Å². The zero-order chi connectivity index (χ0) is 14.6. The van der Waals surface area contributed by atoms with Crippen LogP contribution in [0.5, 0.6) is 0 Å². The average molecular weight is 284 g/mol. The van der Waals surface area contributed by atoms with Crippen LogP contribution < -0.4 is 5.32 Å². The smallest absolute Gasteiger partial charge is 0.255 e. The predicted octanol–water partition coefficient (Wildman–Crippen LogP) is 3.28. The minimum atomic E-state index is -0.0568. The van der Waals surface area contributed by atoms with Crippen molar-refractivity contribution in [2.75, 3.05) is 18.9 Å². The summed E-state index contributed by atoms with van der Waals surface area (Å²) in [6.07, 6.45) is 1.57. The molecule has 1 atom stereocenters. The zero-order valence-corrected chi connectivity index (χ0v) is 13.0. The van der Waals surface area contributed by atoms with E-state index in [1.165, 1.54) is 0 Å². The van der Waals surface area contributed by atoms with Crippen LogP contribution in [-0.4, -0.2) is 35.4 Å². The number of carbonyl (C=O) groups is 1. The highest BCUT2D eigenvalue weighted by Gasteiger charge is 2.20. The third kappa shape index (κ3) is 3.83. The summed E-state index contributed by atoms with van der Waals surface area (Å²) in [5.74, 6) is 0.956. The Morgan fingerprint density at radius 2 is 2.11 bits per heavy atom. The number of nitrogens with one attached hydrogen (secondary N) is 1. The number of halogens is 1. The minimum absolute atomic E-state index is 0.0568. The maximum atomic E-state index is 12.3. The Labute approximate surface area is 120 Å². The third-order valence-corrected chi connectivity index (χ3v) is 3.62. The number of anilines is 1. The molecule has 1 N–H and O–H groups in total. The van der Waals surface area contributed by atoms with Crippen LogP contribution in [0.4, 0.5) is 5.82 Å². The normalized spacial score (nSPS) is 12.4. The maximum Gasteiger partial charge on any atom is 0.255 e. The molecule has 0 aliphatic heterocycles. The lowest BCUT2D eigenvalue weighted by Gasteiger charge is -2.28. The molecule has 0 aliphatic carbocycles. The Bertz CT molecular complexity index is 448. The van der Waals surface area contributed by atoms with E-state index in [1.54, 1.807) is 24.2 Å². The van der Waals surface area contributed by atoms with Gasteiger partial charge in [0.05, 0.1) is 10.6 Å². The van der Waals surface area contributed by atoms with E-state index < -0.39 is 0 Å². The van der Waals surface area contributed by atoms with Gasteiger partial charge in [-0.25, -0.2) is 4.98 Å². The second-order valence-electron chi connectivity index (χ2n) is 4.99. The van der Waals surface area contributed by atoms with Gasteiger partial charge >= 0.3 is 0 Å². The van der Waals surface area contributed by atoms with Crippen LogP contribution in [0, 0.1) is 5.92 Å². The fraction of sp³-hybridized carbons (Fsp3) is 0.571. The Kier molecular flexibility index (Phi) is 5.60. The first-order chi connectivity index (χ1) is 8.88. The maximum absolute atomic E-state index is 12.3. The van der Waals surface area contributed by atoms with E-state index in [-0.39, 0.29) is 11.9 Å². The van der Waals surface area contributed by atoms with Gasteiger partial charge in [-0.2, -0.15) is 0 Å². The van der Waals surface area contributed by atoms with E-state index in [1.807, 2.05) is 13.8 Å². The van der Waals surface area contributed by atoms with Crippen molar-refractivity contribution in [3.63, 3.8) is 0 Å². The topological polar surface area (TPSA) is 45.2 Å². The minimum Gasteiger partial charge on any atom is -0.369 e. The lowest BCUT2D eigenvalue weighted by atomic mass is 10.0. The average Bonchev–Trinajstić information content (AvgIpc) is 2.38. The molecule has 106 valence electrons. The molecule has 0 aromatic carbocycles. The quantitative estimate of drug-likeness (QED) is 0.902. The van der Waals surface area contributed by atoms with Gasteiger partial charge in [-0.1, -0.05) is 25.4 Å². The molecule has 0 fully saturated rings. The molecule has 0 saturated carbocycles. The number of carbonyl (C=O) groups excluding carboxylic acids is 1. The molecule has 1 aromatic rings. The summed E-state index contributed by atoms with van der Waals surface area (Å²) in [7, 11) is 1.80. The van der Waals surface area contributed by atoms with Crippen LogP contribution in [-0.2, 0) is 0 Å². The van der Waals surface area contributed by atoms with Crippen molar-refractivity contribution in [3.05, 3.63) is 22.8 Å². The molecule has 1 heterocycles. The van der Waals surface area contributed by atoms with Crippen LogP contribution in [0.3, 0.4) is 0 Å². The number of hydrogen-bond donors (Lipinski definition) is 1. The first kappa shape index (κ1) is 15.8. The highest BCUT2D eigenvalue weighted by atomic mass is 35.5. The lowest BCUT2D eigenvalue weighted by Crippen LogP contribution is -2.38. The zero-order valence-electron chi connectivity index (χ0n) is 12.2. The van der Waals surface area contributed by atoms with Crippen molar-refractivity contribution in [2.24, 2.45) is 5.92 Å². The van der Waals surface area contributed by atoms with E-state index in [0.717, 1.165) is 6.54 Å². The van der Waals surface area contributed by atoms with Gasteiger partial charge in [0, 0.05) is 25.8 Å². The van der Waals surface area contributed by atoms with Crippen molar-refractivity contribution in [2.45, 2.75) is 33.7 Å². The fourth-order valence-corrected chi connectivity index (χ4v) is 1.92. The highest BCUT2D eigenvalue weighted by Crippen LogP contribution is 2.21. The lowest BCUT2D eigenvalue weighted by molar-refractivity contribution is 0.0706. The van der Waals surface area contributed by atoms with Gasteiger partial charge in [0.1, 0.15) is 5.82 Å². The molecular weight excluding hydrogens is 262 g/mol. The number of pyridine rings is 1. The van der Waals surface area contributed by atoms with Crippen molar-refractivity contribution in [1.82, 2.24) is 9.88 Å². The van der Waals surface area contributed by atoms with E-state index in [2.05, 4.69) is 24.1 Å². The molecule has 1 rings (SSSR count). The molecule has 1 amide bonds. The van der Waals surface area contributed by atoms with Crippen LogP contribution in [0.15, 0.2) is 12.3 Å². The largest absolute Gasteiger partial charge is 0.369 e. The number of amides is 1. The first-order valence-corrected chi connectivity index (χ1v) is 6.92. The van der Waals surface area contributed by atoms with Gasteiger partial charge in [-0.15, -0.1) is 0 Å². The number of nitrogens with zero attached hydrogens (tertiary/aromatic N) is 2. The number of hydrogen-bond acceptors (Lipinski definition) is 3. The fourth-order valence-electron chi connectivity index (χ4n) is 1.69. The van der Waals surface area contributed by atoms with Gasteiger partial charge in [-0.05, 0) is 25.8 Å². The number of rotatable bonds is 5. The molecule has 0 spiro atoms. The van der Waals surface area contributed by atoms with Gasteiger partial charge in [0.25, 0.3) is 5.91 Å². The standard InChI is InChI=1S/C14H22ClN3O/c1-6-16-13-12(15)7-11(8-17-13)14(19)18(5)10(4)9(2)3/h7-10H,6H2,1-5H3,(H,16,17). The molecule has 0 aliphatic rings. The third-order valence-electron chi connectivity index (χ3n) is 3.33. The molecule has 0 bridgehead atoms. The predicted molar refractivity (Wildman–Crippen MR) is 79.8 cm³/mol. The van der Waals surface area contributed by atoms with E-state index >= 15 is 0 Å². The Balaban J connectivity index is 2.91. The molecule has 19 heavy (non-hydrogen) atoms. The van der Waals surface area contributed by atoms with Gasteiger partial charge in [0.15, 0.2) is 0 Å². The van der Waals surface area contributed by atoms with Gasteiger partial charge in [-0.3, -0.25) is 4.79 Å². The van der Waals surface area contributed by atoms with E-state index in [4.69, 9.17) is 11.6 Å². The van der Waals surface area contributed by atoms with Crippen molar-refractivity contribution < 1.29 is 4.79 Å². The second-order valence-corrected chi connectivity index (χ2v) is 5.39. The summed E-state index contributed by atoms with van der Waals surface area (Å²) in [4.78, 5) is 18.2. The van der Waals surface area contributed by atoms with Crippen molar-refractivity contribution in [1.29, 1.82) is 0 Å². The van der Waals surface area contributed by atoms with Crippen molar-refractivity contribution in [3.8, 4) is 0 Å². The summed E-state index contributed by atoms with van der Waals surface area (Å²) in [6.45, 7) is 8.92. The Morgan fingerprint density at radius 3 is 2.58 bits per heavy atom. The summed E-state index contributed by atoms with van der Waals surface area (Å²) in [5.41, 5.74) is 0.515. The molecule has 0 saturated heterocycles. The molecule has 1 unspecified atom stereocenters. The second kappa shape index (κ2) is 6.75. The molecular formula is C14H22ClN3O. The SMILES string of the molecule is CCNc1ncc(C(=O)N(C)C(C)C(C)C)cc1Cl. The Morgan fingerprint density at radius 1 is 1.47 bits per heavy atom.